The molecule has 0 unspecified atom stereocenters. The molecule has 1 aromatic heterocycles. The first kappa shape index (κ1) is 19.4. The van der Waals surface area contributed by atoms with Crippen LogP contribution in [0.5, 0.6) is 5.75 Å². The minimum atomic E-state index is -0.464. The molecule has 1 heterocycles. The van der Waals surface area contributed by atoms with Gasteiger partial charge in [-0.25, -0.2) is 13.9 Å². The molecule has 0 bridgehead atoms. The highest BCUT2D eigenvalue weighted by Crippen LogP contribution is 2.19. The molecule has 0 amide bonds. The molecule has 0 saturated carbocycles. The molecule has 28 heavy (non-hydrogen) atoms. The van der Waals surface area contributed by atoms with Crippen LogP contribution in [-0.2, 0) is 9.53 Å². The number of benzene rings is 2. The summed E-state index contributed by atoms with van der Waals surface area (Å²) in [6, 6.07) is 15.5. The van der Waals surface area contributed by atoms with Gasteiger partial charge < -0.3 is 9.47 Å². The van der Waals surface area contributed by atoms with Crippen molar-refractivity contribution >= 4 is 12.0 Å². The van der Waals surface area contributed by atoms with Gasteiger partial charge in [0.05, 0.1) is 11.4 Å². The Morgan fingerprint density at radius 1 is 1.07 bits per heavy atom. The normalized spacial score (nSPS) is 11.0. The Balaban J connectivity index is 1.54. The molecule has 0 fully saturated rings. The zero-order chi connectivity index (χ0) is 19.9. The molecule has 0 atom stereocenters. The van der Waals surface area contributed by atoms with Crippen molar-refractivity contribution in [1.29, 1.82) is 0 Å². The van der Waals surface area contributed by atoms with Crippen LogP contribution in [0, 0.1) is 19.7 Å². The van der Waals surface area contributed by atoms with E-state index in [0.29, 0.717) is 5.75 Å². The maximum atomic E-state index is 12.8. The second-order valence-electron chi connectivity index (χ2n) is 6.14. The summed E-state index contributed by atoms with van der Waals surface area (Å²) in [5, 5.41) is 4.54. The maximum Gasteiger partial charge on any atom is 0.330 e. The summed E-state index contributed by atoms with van der Waals surface area (Å²) in [5.41, 5.74) is 3.60. The third-order valence-corrected chi connectivity index (χ3v) is 4.14. The Labute approximate surface area is 163 Å². The summed E-state index contributed by atoms with van der Waals surface area (Å²) < 4.78 is 25.2. The fourth-order valence-corrected chi connectivity index (χ4v) is 2.75. The number of nitrogens with zero attached hydrogens (tertiary/aromatic N) is 2. The number of carbonyl (C=O) groups excluding carboxylic acids is 1. The second-order valence-corrected chi connectivity index (χ2v) is 6.14. The zero-order valence-corrected chi connectivity index (χ0v) is 15.8. The molecule has 3 rings (SSSR count). The molecule has 5 nitrogen and oxygen atoms in total. The number of ether oxygens (including phenoxy) is 2. The largest absolute Gasteiger partial charge is 0.490 e. The van der Waals surface area contributed by atoms with E-state index < -0.39 is 5.97 Å². The Kier molecular flexibility index (Phi) is 6.22. The highest BCUT2D eigenvalue weighted by Gasteiger charge is 2.11. The summed E-state index contributed by atoms with van der Waals surface area (Å²) in [6.45, 7) is 4.14. The third kappa shape index (κ3) is 4.85. The van der Waals surface area contributed by atoms with Gasteiger partial charge in [0.25, 0.3) is 0 Å². The van der Waals surface area contributed by atoms with Gasteiger partial charge in [-0.1, -0.05) is 18.2 Å². The van der Waals surface area contributed by atoms with Gasteiger partial charge in [-0.3, -0.25) is 0 Å². The van der Waals surface area contributed by atoms with Crippen molar-refractivity contribution in [3.63, 3.8) is 0 Å². The topological polar surface area (TPSA) is 53.4 Å². The number of hydrogen-bond donors (Lipinski definition) is 0. The zero-order valence-electron chi connectivity index (χ0n) is 15.8. The number of hydrogen-bond acceptors (Lipinski definition) is 4. The number of halogens is 1. The second kappa shape index (κ2) is 8.99. The van der Waals surface area contributed by atoms with Gasteiger partial charge in [0.15, 0.2) is 0 Å². The molecule has 144 valence electrons. The molecule has 3 aromatic rings. The number of aromatic nitrogens is 2. The minimum absolute atomic E-state index is 0.0990. The number of para-hydroxylation sites is 1. The van der Waals surface area contributed by atoms with E-state index in [1.165, 1.54) is 30.3 Å². The lowest BCUT2D eigenvalue weighted by atomic mass is 10.2. The SMILES string of the molecule is Cc1nn(-c2ccccc2)c(C)c1/C=C/C(=O)OCCOc1ccc(F)cc1. The highest BCUT2D eigenvalue weighted by atomic mass is 19.1. The molecule has 2 aromatic carbocycles. The first-order valence-corrected chi connectivity index (χ1v) is 8.89. The van der Waals surface area contributed by atoms with Crippen LogP contribution in [0.15, 0.2) is 60.7 Å². The Morgan fingerprint density at radius 2 is 1.79 bits per heavy atom. The van der Waals surface area contributed by atoms with Crippen molar-refractivity contribution in [2.75, 3.05) is 13.2 Å². The first-order chi connectivity index (χ1) is 13.5. The lowest BCUT2D eigenvalue weighted by Gasteiger charge is -2.06. The fraction of sp³-hybridized carbons (Fsp3) is 0.182. The van der Waals surface area contributed by atoms with Crippen LogP contribution < -0.4 is 4.74 Å². The fourth-order valence-electron chi connectivity index (χ4n) is 2.75. The Hall–Kier alpha value is -3.41. The molecule has 0 aliphatic rings. The van der Waals surface area contributed by atoms with E-state index in [-0.39, 0.29) is 19.0 Å². The molecule has 0 spiro atoms. The van der Waals surface area contributed by atoms with Crippen molar-refractivity contribution in [1.82, 2.24) is 9.78 Å². The van der Waals surface area contributed by atoms with Gasteiger partial charge in [0, 0.05) is 17.3 Å². The van der Waals surface area contributed by atoms with E-state index >= 15 is 0 Å². The lowest BCUT2D eigenvalue weighted by molar-refractivity contribution is -0.138. The quantitative estimate of drug-likeness (QED) is 0.349. The molecule has 0 N–H and O–H groups in total. The Morgan fingerprint density at radius 3 is 2.50 bits per heavy atom. The standard InChI is InChI=1S/C22H21FN2O3/c1-16-21(17(2)25(24-16)19-6-4-3-5-7-19)12-13-22(26)28-15-14-27-20-10-8-18(23)9-11-20/h3-13H,14-15H2,1-2H3/b13-12+. The van der Waals surface area contributed by atoms with E-state index in [2.05, 4.69) is 5.10 Å². The number of carbonyl (C=O) groups is 1. The van der Waals surface area contributed by atoms with Crippen LogP contribution in [0.4, 0.5) is 4.39 Å². The van der Waals surface area contributed by atoms with Crippen molar-refractivity contribution in [3.05, 3.63) is 83.4 Å². The molecule has 0 radical (unpaired) electrons. The Bertz CT molecular complexity index is 963. The van der Waals surface area contributed by atoms with Gasteiger partial charge in [-0.2, -0.15) is 5.10 Å². The van der Waals surface area contributed by atoms with Crippen LogP contribution >= 0.6 is 0 Å². The molecule has 0 aliphatic heterocycles. The van der Waals surface area contributed by atoms with Gasteiger partial charge in [0.2, 0.25) is 0 Å². The van der Waals surface area contributed by atoms with Gasteiger partial charge >= 0.3 is 5.97 Å². The van der Waals surface area contributed by atoms with Crippen LogP contribution in [-0.4, -0.2) is 29.0 Å². The van der Waals surface area contributed by atoms with Gasteiger partial charge in [-0.15, -0.1) is 0 Å². The molecule has 0 saturated heterocycles. The summed E-state index contributed by atoms with van der Waals surface area (Å²) in [6.07, 6.45) is 3.09. The number of rotatable bonds is 7. The average molecular weight is 380 g/mol. The van der Waals surface area contributed by atoms with Crippen LogP contribution in [0.3, 0.4) is 0 Å². The average Bonchev–Trinajstić information content (AvgIpc) is 2.99. The highest BCUT2D eigenvalue weighted by molar-refractivity contribution is 5.87. The van der Waals surface area contributed by atoms with Crippen LogP contribution in [0.25, 0.3) is 11.8 Å². The van der Waals surface area contributed by atoms with Crippen molar-refractivity contribution in [2.24, 2.45) is 0 Å². The van der Waals surface area contributed by atoms with Gasteiger partial charge in [-0.05, 0) is 56.3 Å². The van der Waals surface area contributed by atoms with E-state index in [1.54, 1.807) is 6.08 Å². The van der Waals surface area contributed by atoms with Crippen molar-refractivity contribution in [3.8, 4) is 11.4 Å². The summed E-state index contributed by atoms with van der Waals surface area (Å²) >= 11 is 0. The summed E-state index contributed by atoms with van der Waals surface area (Å²) in [5.74, 6) is -0.272. The predicted molar refractivity (Wildman–Crippen MR) is 105 cm³/mol. The van der Waals surface area contributed by atoms with E-state index in [4.69, 9.17) is 9.47 Å². The number of aryl methyl sites for hydroxylation is 1. The summed E-state index contributed by atoms with van der Waals surface area (Å²) in [4.78, 5) is 11.9. The molecule has 0 aliphatic carbocycles. The van der Waals surface area contributed by atoms with E-state index in [1.807, 2.05) is 48.9 Å². The van der Waals surface area contributed by atoms with Crippen LogP contribution in [0.1, 0.15) is 17.0 Å². The molecular weight excluding hydrogens is 359 g/mol. The minimum Gasteiger partial charge on any atom is -0.490 e. The van der Waals surface area contributed by atoms with Crippen molar-refractivity contribution in [2.45, 2.75) is 13.8 Å². The van der Waals surface area contributed by atoms with Crippen molar-refractivity contribution < 1.29 is 18.7 Å². The van der Waals surface area contributed by atoms with Gasteiger partial charge in [0.1, 0.15) is 24.8 Å². The van der Waals surface area contributed by atoms with Crippen LogP contribution in [0.2, 0.25) is 0 Å². The summed E-state index contributed by atoms with van der Waals surface area (Å²) in [7, 11) is 0. The van der Waals surface area contributed by atoms with E-state index in [0.717, 1.165) is 22.6 Å². The first-order valence-electron chi connectivity index (χ1n) is 8.89. The van der Waals surface area contributed by atoms with E-state index in [9.17, 15) is 9.18 Å². The number of esters is 1. The third-order valence-electron chi connectivity index (χ3n) is 4.14. The lowest BCUT2D eigenvalue weighted by Crippen LogP contribution is -2.10. The monoisotopic (exact) mass is 380 g/mol. The predicted octanol–water partition coefficient (Wildman–Crippen LogP) is 4.26. The molecule has 6 heteroatoms. The maximum absolute atomic E-state index is 12.8. The molecular formula is C22H21FN2O3. The smallest absolute Gasteiger partial charge is 0.330 e.